The molecule has 2 amide bonds. The fourth-order valence-electron chi connectivity index (χ4n) is 2.13. The van der Waals surface area contributed by atoms with Gasteiger partial charge < -0.3 is 14.8 Å². The molecule has 0 aliphatic rings. The molecule has 0 aromatic carbocycles. The summed E-state index contributed by atoms with van der Waals surface area (Å²) in [5, 5.41) is 15.6. The van der Waals surface area contributed by atoms with Crippen LogP contribution in [0.25, 0.3) is 0 Å². The van der Waals surface area contributed by atoms with E-state index in [1.807, 2.05) is 19.9 Å². The Morgan fingerprint density at radius 2 is 2.05 bits per heavy atom. The Balaban J connectivity index is 1.95. The van der Waals surface area contributed by atoms with Crippen molar-refractivity contribution < 1.29 is 14.3 Å². The van der Waals surface area contributed by atoms with Gasteiger partial charge in [0.2, 0.25) is 0 Å². The van der Waals surface area contributed by atoms with Gasteiger partial charge in [-0.1, -0.05) is 0 Å². The van der Waals surface area contributed by atoms with Crippen molar-refractivity contribution >= 4 is 11.8 Å². The summed E-state index contributed by atoms with van der Waals surface area (Å²) in [5.74, 6) is 1.59. The van der Waals surface area contributed by atoms with Gasteiger partial charge in [0.15, 0.2) is 0 Å². The van der Waals surface area contributed by atoms with Crippen molar-refractivity contribution in [2.75, 3.05) is 11.9 Å². The second kappa shape index (κ2) is 6.19. The predicted molar refractivity (Wildman–Crippen MR) is 83.7 cm³/mol. The first-order valence-corrected chi connectivity index (χ1v) is 7.06. The van der Waals surface area contributed by atoms with E-state index in [0.29, 0.717) is 17.3 Å². The minimum atomic E-state index is -1.28. The SMILES string of the molecule is Cc1cc(C)nc(NC(=O)NC[C@](C)(O)c2ccc(C)o2)c1. The third kappa shape index (κ3) is 4.08. The van der Waals surface area contributed by atoms with Crippen LogP contribution in [-0.2, 0) is 5.60 Å². The van der Waals surface area contributed by atoms with E-state index in [4.69, 9.17) is 4.42 Å². The molecular weight excluding hydrogens is 282 g/mol. The molecule has 0 spiro atoms. The molecule has 2 aromatic rings. The zero-order chi connectivity index (χ0) is 16.3. The van der Waals surface area contributed by atoms with E-state index < -0.39 is 11.6 Å². The number of carbonyl (C=O) groups excluding carboxylic acids is 1. The highest BCUT2D eigenvalue weighted by atomic mass is 16.4. The lowest BCUT2D eigenvalue weighted by Crippen LogP contribution is -2.40. The highest BCUT2D eigenvalue weighted by Gasteiger charge is 2.27. The van der Waals surface area contributed by atoms with E-state index in [1.165, 1.54) is 0 Å². The van der Waals surface area contributed by atoms with Crippen molar-refractivity contribution in [3.63, 3.8) is 0 Å². The Morgan fingerprint density at radius 3 is 2.64 bits per heavy atom. The minimum absolute atomic E-state index is 0.0244. The Kier molecular flexibility index (Phi) is 4.51. The lowest BCUT2D eigenvalue weighted by molar-refractivity contribution is 0.0364. The van der Waals surface area contributed by atoms with Crippen LogP contribution in [0.5, 0.6) is 0 Å². The lowest BCUT2D eigenvalue weighted by Gasteiger charge is -2.21. The smallest absolute Gasteiger partial charge is 0.320 e. The van der Waals surface area contributed by atoms with Gasteiger partial charge in [0, 0.05) is 5.69 Å². The molecule has 118 valence electrons. The topological polar surface area (TPSA) is 87.4 Å². The Labute approximate surface area is 129 Å². The van der Waals surface area contributed by atoms with Crippen LogP contribution in [0, 0.1) is 20.8 Å². The van der Waals surface area contributed by atoms with Gasteiger partial charge in [0.25, 0.3) is 0 Å². The molecule has 0 radical (unpaired) electrons. The summed E-state index contributed by atoms with van der Waals surface area (Å²) in [4.78, 5) is 16.1. The van der Waals surface area contributed by atoms with Crippen LogP contribution in [0.4, 0.5) is 10.6 Å². The average molecular weight is 303 g/mol. The first-order chi connectivity index (χ1) is 10.3. The van der Waals surface area contributed by atoms with Crippen LogP contribution in [0.1, 0.15) is 29.7 Å². The van der Waals surface area contributed by atoms with Crippen molar-refractivity contribution in [1.29, 1.82) is 0 Å². The van der Waals surface area contributed by atoms with Crippen LogP contribution in [0.3, 0.4) is 0 Å². The Bertz CT molecular complexity index is 657. The molecular formula is C16H21N3O3. The van der Waals surface area contributed by atoms with Crippen molar-refractivity contribution in [1.82, 2.24) is 10.3 Å². The van der Waals surface area contributed by atoms with E-state index in [1.54, 1.807) is 32.0 Å². The van der Waals surface area contributed by atoms with Gasteiger partial charge in [-0.15, -0.1) is 0 Å². The number of pyridine rings is 1. The standard InChI is InChI=1S/C16H21N3O3/c1-10-7-11(2)18-14(8-10)19-15(20)17-9-16(4,21)13-6-5-12(3)22-13/h5-8,21H,9H2,1-4H3,(H2,17,18,19,20)/t16-/m0/s1. The number of hydrogen-bond acceptors (Lipinski definition) is 4. The number of aryl methyl sites for hydroxylation is 3. The fraction of sp³-hybridized carbons (Fsp3) is 0.375. The van der Waals surface area contributed by atoms with E-state index in [0.717, 1.165) is 11.3 Å². The number of aromatic nitrogens is 1. The molecule has 0 unspecified atom stereocenters. The van der Waals surface area contributed by atoms with Crippen LogP contribution in [-0.4, -0.2) is 22.7 Å². The molecule has 6 nitrogen and oxygen atoms in total. The van der Waals surface area contributed by atoms with Crippen molar-refractivity contribution in [3.05, 3.63) is 47.0 Å². The highest BCUT2D eigenvalue weighted by Crippen LogP contribution is 2.21. The molecule has 22 heavy (non-hydrogen) atoms. The molecule has 2 rings (SSSR count). The number of hydrogen-bond donors (Lipinski definition) is 3. The van der Waals surface area contributed by atoms with Gasteiger partial charge >= 0.3 is 6.03 Å². The molecule has 0 aliphatic heterocycles. The summed E-state index contributed by atoms with van der Waals surface area (Å²) in [6, 6.07) is 6.73. The summed E-state index contributed by atoms with van der Waals surface area (Å²) in [6.07, 6.45) is 0. The number of nitrogens with one attached hydrogen (secondary N) is 2. The third-order valence-corrected chi connectivity index (χ3v) is 3.20. The molecule has 3 N–H and O–H groups in total. The number of anilines is 1. The highest BCUT2D eigenvalue weighted by molar-refractivity contribution is 5.88. The second-order valence-electron chi connectivity index (χ2n) is 5.66. The maximum Gasteiger partial charge on any atom is 0.320 e. The van der Waals surface area contributed by atoms with E-state index in [-0.39, 0.29) is 6.54 Å². The van der Waals surface area contributed by atoms with Crippen molar-refractivity contribution in [2.24, 2.45) is 0 Å². The van der Waals surface area contributed by atoms with Gasteiger partial charge in [0.1, 0.15) is 22.9 Å². The molecule has 6 heteroatoms. The third-order valence-electron chi connectivity index (χ3n) is 3.20. The van der Waals surface area contributed by atoms with Gasteiger partial charge in [-0.2, -0.15) is 0 Å². The number of rotatable bonds is 4. The van der Waals surface area contributed by atoms with Gasteiger partial charge in [0.05, 0.1) is 6.54 Å². The maximum absolute atomic E-state index is 11.9. The van der Waals surface area contributed by atoms with Crippen LogP contribution < -0.4 is 10.6 Å². The van der Waals surface area contributed by atoms with Crippen LogP contribution in [0.2, 0.25) is 0 Å². The van der Waals surface area contributed by atoms with Crippen LogP contribution >= 0.6 is 0 Å². The number of aliphatic hydroxyl groups is 1. The van der Waals surface area contributed by atoms with E-state index in [2.05, 4.69) is 15.6 Å². The monoisotopic (exact) mass is 303 g/mol. The first kappa shape index (κ1) is 16.0. The molecule has 2 aromatic heterocycles. The maximum atomic E-state index is 11.9. The summed E-state index contributed by atoms with van der Waals surface area (Å²) < 4.78 is 5.40. The van der Waals surface area contributed by atoms with Crippen LogP contribution in [0.15, 0.2) is 28.7 Å². The largest absolute Gasteiger partial charge is 0.463 e. The summed E-state index contributed by atoms with van der Waals surface area (Å²) in [5.41, 5.74) is 0.566. The van der Waals surface area contributed by atoms with Gasteiger partial charge in [-0.05, 0) is 57.5 Å². The van der Waals surface area contributed by atoms with Gasteiger partial charge in [-0.3, -0.25) is 5.32 Å². The zero-order valence-electron chi connectivity index (χ0n) is 13.2. The summed E-state index contributed by atoms with van der Waals surface area (Å²) in [6.45, 7) is 7.20. The average Bonchev–Trinajstić information content (AvgIpc) is 2.83. The molecule has 0 saturated carbocycles. The second-order valence-corrected chi connectivity index (χ2v) is 5.66. The summed E-state index contributed by atoms with van der Waals surface area (Å²) in [7, 11) is 0. The number of urea groups is 1. The molecule has 0 bridgehead atoms. The number of carbonyl (C=O) groups is 1. The molecule has 1 atom stereocenters. The quantitative estimate of drug-likeness (QED) is 0.810. The van der Waals surface area contributed by atoms with E-state index >= 15 is 0 Å². The van der Waals surface area contributed by atoms with Gasteiger partial charge in [-0.25, -0.2) is 9.78 Å². The summed E-state index contributed by atoms with van der Waals surface area (Å²) >= 11 is 0. The lowest BCUT2D eigenvalue weighted by atomic mass is 10.0. The van der Waals surface area contributed by atoms with Crippen molar-refractivity contribution in [2.45, 2.75) is 33.3 Å². The fourth-order valence-corrected chi connectivity index (χ4v) is 2.13. The molecule has 2 heterocycles. The Morgan fingerprint density at radius 1 is 1.32 bits per heavy atom. The molecule has 0 saturated heterocycles. The minimum Gasteiger partial charge on any atom is -0.463 e. The number of furan rings is 1. The van der Waals surface area contributed by atoms with Crippen molar-refractivity contribution in [3.8, 4) is 0 Å². The normalized spacial score (nSPS) is 13.5. The first-order valence-electron chi connectivity index (χ1n) is 7.06. The molecule has 0 aliphatic carbocycles. The van der Waals surface area contributed by atoms with E-state index in [9.17, 15) is 9.90 Å². The predicted octanol–water partition coefficient (Wildman–Crippen LogP) is 2.63. The number of amides is 2. The Hall–Kier alpha value is -2.34. The zero-order valence-corrected chi connectivity index (χ0v) is 13.2. The molecule has 0 fully saturated rings. The number of nitrogens with zero attached hydrogens (tertiary/aromatic N) is 1.